The second-order valence-electron chi connectivity index (χ2n) is 6.94. The van der Waals surface area contributed by atoms with Gasteiger partial charge in [0.2, 0.25) is 0 Å². The van der Waals surface area contributed by atoms with Crippen molar-refractivity contribution in [3.05, 3.63) is 12.2 Å². The van der Waals surface area contributed by atoms with Crippen LogP contribution in [0, 0.1) is 0 Å². The molecular formula is C20H38N2O. The number of carbonyl (C=O) groups excluding carboxylic acids is 1. The highest BCUT2D eigenvalue weighted by Gasteiger charge is 2.17. The summed E-state index contributed by atoms with van der Waals surface area (Å²) in [4.78, 5) is 11.0. The molecule has 0 aliphatic carbocycles. The third-order valence-corrected chi connectivity index (χ3v) is 4.66. The van der Waals surface area contributed by atoms with Gasteiger partial charge in [-0.15, -0.1) is 0 Å². The quantitative estimate of drug-likeness (QED) is 0.294. The van der Waals surface area contributed by atoms with Gasteiger partial charge in [0.25, 0.3) is 0 Å². The number of allylic oxidation sites excluding steroid dienone is 1. The predicted molar refractivity (Wildman–Crippen MR) is 99.8 cm³/mol. The number of unbranched alkanes of at least 4 members (excludes halogenated alkanes) is 12. The molecule has 0 spiro atoms. The molecule has 3 heteroatoms. The van der Waals surface area contributed by atoms with E-state index in [4.69, 9.17) is 0 Å². The Morgan fingerprint density at radius 2 is 1.43 bits per heavy atom. The van der Waals surface area contributed by atoms with Crippen LogP contribution in [-0.2, 0) is 0 Å². The van der Waals surface area contributed by atoms with Crippen LogP contribution in [0.4, 0.5) is 4.79 Å². The molecule has 1 rings (SSSR count). The number of amides is 2. The molecule has 0 aromatic heterocycles. The van der Waals surface area contributed by atoms with Crippen molar-refractivity contribution in [2.24, 2.45) is 0 Å². The van der Waals surface area contributed by atoms with Gasteiger partial charge < -0.3 is 10.6 Å². The molecular weight excluding hydrogens is 284 g/mol. The minimum absolute atomic E-state index is 0.0237. The van der Waals surface area contributed by atoms with Crippen molar-refractivity contribution in [2.45, 2.75) is 103 Å². The molecule has 1 aliphatic rings. The number of hydrogen-bond donors (Lipinski definition) is 2. The first-order valence-electron chi connectivity index (χ1n) is 10.0. The monoisotopic (exact) mass is 322 g/mol. The zero-order chi connectivity index (χ0) is 16.6. The summed E-state index contributed by atoms with van der Waals surface area (Å²) in [6, 6.07) is 0.269. The van der Waals surface area contributed by atoms with E-state index >= 15 is 0 Å². The molecule has 1 saturated heterocycles. The highest BCUT2D eigenvalue weighted by molar-refractivity contribution is 5.76. The molecule has 2 N–H and O–H groups in total. The van der Waals surface area contributed by atoms with Crippen LogP contribution in [0.5, 0.6) is 0 Å². The van der Waals surface area contributed by atoms with Crippen LogP contribution >= 0.6 is 0 Å². The molecule has 1 heterocycles. The number of urea groups is 1. The maximum Gasteiger partial charge on any atom is 0.315 e. The largest absolute Gasteiger partial charge is 0.336 e. The first-order valence-corrected chi connectivity index (χ1v) is 10.0. The van der Waals surface area contributed by atoms with Crippen LogP contribution < -0.4 is 10.6 Å². The lowest BCUT2D eigenvalue weighted by Gasteiger charge is -2.03. The van der Waals surface area contributed by atoms with Gasteiger partial charge in [-0.1, -0.05) is 89.7 Å². The van der Waals surface area contributed by atoms with E-state index in [0.29, 0.717) is 6.04 Å². The van der Waals surface area contributed by atoms with Gasteiger partial charge in [-0.3, -0.25) is 0 Å². The Labute approximate surface area is 143 Å². The Hall–Kier alpha value is -0.990. The Morgan fingerprint density at radius 1 is 0.870 bits per heavy atom. The zero-order valence-electron chi connectivity index (χ0n) is 15.2. The van der Waals surface area contributed by atoms with E-state index in [9.17, 15) is 4.79 Å². The fourth-order valence-electron chi connectivity index (χ4n) is 3.13. The van der Waals surface area contributed by atoms with E-state index in [0.717, 1.165) is 13.0 Å². The Kier molecular flexibility index (Phi) is 12.7. The summed E-state index contributed by atoms with van der Waals surface area (Å²) in [5.41, 5.74) is 0. The Bertz CT molecular complexity index is 315. The van der Waals surface area contributed by atoms with E-state index in [1.54, 1.807) is 0 Å². The normalized spacial score (nSPS) is 17.6. The standard InChI is InChI=1S/C20H38N2O/c1-2-3-4-5-6-7-8-9-10-11-12-13-14-15-16-17-19-18-21-20(23)22-19/h15-16,19H,2-14,17-18H2,1H3,(H2,21,22,23). The highest BCUT2D eigenvalue weighted by atomic mass is 16.2. The van der Waals surface area contributed by atoms with Crippen molar-refractivity contribution in [3.63, 3.8) is 0 Å². The first-order chi connectivity index (χ1) is 11.3. The van der Waals surface area contributed by atoms with Gasteiger partial charge in [-0.2, -0.15) is 0 Å². The van der Waals surface area contributed by atoms with Gasteiger partial charge >= 0.3 is 6.03 Å². The summed E-state index contributed by atoms with van der Waals surface area (Å²) in [5.74, 6) is 0. The average Bonchev–Trinajstić information content (AvgIpc) is 2.96. The number of rotatable bonds is 15. The summed E-state index contributed by atoms with van der Waals surface area (Å²) in [6.45, 7) is 3.05. The average molecular weight is 323 g/mol. The second-order valence-corrected chi connectivity index (χ2v) is 6.94. The molecule has 1 atom stereocenters. The van der Waals surface area contributed by atoms with Crippen molar-refractivity contribution in [1.29, 1.82) is 0 Å². The lowest BCUT2D eigenvalue weighted by molar-refractivity contribution is 0.247. The molecule has 0 saturated carbocycles. The minimum atomic E-state index is -0.0237. The van der Waals surface area contributed by atoms with Crippen LogP contribution in [0.2, 0.25) is 0 Å². The SMILES string of the molecule is CCCCCCCCCCCCCCC=CCC1CNC(=O)N1. The molecule has 0 aromatic rings. The number of hydrogen-bond acceptors (Lipinski definition) is 1. The summed E-state index contributed by atoms with van der Waals surface area (Å²) in [7, 11) is 0. The molecule has 23 heavy (non-hydrogen) atoms. The summed E-state index contributed by atoms with van der Waals surface area (Å²) in [6.07, 6.45) is 23.5. The van der Waals surface area contributed by atoms with Crippen LogP contribution in [0.25, 0.3) is 0 Å². The molecule has 0 bridgehead atoms. The van der Waals surface area contributed by atoms with Crippen LogP contribution in [0.3, 0.4) is 0 Å². The maximum absolute atomic E-state index is 11.0. The molecule has 0 aromatic carbocycles. The van der Waals surface area contributed by atoms with E-state index in [2.05, 4.69) is 29.7 Å². The summed E-state index contributed by atoms with van der Waals surface area (Å²) in [5, 5.41) is 5.69. The van der Waals surface area contributed by atoms with Gasteiger partial charge in [-0.25, -0.2) is 4.79 Å². The van der Waals surface area contributed by atoms with Crippen molar-refractivity contribution in [1.82, 2.24) is 10.6 Å². The van der Waals surface area contributed by atoms with Crippen LogP contribution in [-0.4, -0.2) is 18.6 Å². The van der Waals surface area contributed by atoms with Gasteiger partial charge in [-0.05, 0) is 19.3 Å². The van der Waals surface area contributed by atoms with Gasteiger partial charge in [0, 0.05) is 6.54 Å². The van der Waals surface area contributed by atoms with Crippen molar-refractivity contribution < 1.29 is 4.79 Å². The lowest BCUT2D eigenvalue weighted by atomic mass is 10.0. The van der Waals surface area contributed by atoms with Crippen molar-refractivity contribution in [2.75, 3.05) is 6.54 Å². The Morgan fingerprint density at radius 3 is 1.96 bits per heavy atom. The van der Waals surface area contributed by atoms with Gasteiger partial charge in [0.05, 0.1) is 6.04 Å². The van der Waals surface area contributed by atoms with E-state index in [-0.39, 0.29) is 6.03 Å². The molecule has 0 radical (unpaired) electrons. The van der Waals surface area contributed by atoms with Crippen LogP contribution in [0.1, 0.15) is 96.8 Å². The third kappa shape index (κ3) is 12.1. The molecule has 1 fully saturated rings. The fourth-order valence-corrected chi connectivity index (χ4v) is 3.13. The topological polar surface area (TPSA) is 41.1 Å². The minimum Gasteiger partial charge on any atom is -0.336 e. The molecule has 2 amide bonds. The van der Waals surface area contributed by atoms with Gasteiger partial charge in [0.1, 0.15) is 0 Å². The number of carbonyl (C=O) groups is 1. The van der Waals surface area contributed by atoms with E-state index < -0.39 is 0 Å². The molecule has 134 valence electrons. The lowest BCUT2D eigenvalue weighted by Crippen LogP contribution is -2.25. The molecule has 1 unspecified atom stereocenters. The summed E-state index contributed by atoms with van der Waals surface area (Å²) >= 11 is 0. The second kappa shape index (κ2) is 14.6. The van der Waals surface area contributed by atoms with Crippen molar-refractivity contribution >= 4 is 6.03 Å². The first kappa shape index (κ1) is 20.1. The van der Waals surface area contributed by atoms with E-state index in [1.165, 1.54) is 83.5 Å². The van der Waals surface area contributed by atoms with E-state index in [1.807, 2.05) is 0 Å². The zero-order valence-corrected chi connectivity index (χ0v) is 15.2. The predicted octanol–water partition coefficient (Wildman–Crippen LogP) is 5.71. The fraction of sp³-hybridized carbons (Fsp3) is 0.850. The summed E-state index contributed by atoms with van der Waals surface area (Å²) < 4.78 is 0. The van der Waals surface area contributed by atoms with Crippen molar-refractivity contribution in [3.8, 4) is 0 Å². The maximum atomic E-state index is 11.0. The third-order valence-electron chi connectivity index (χ3n) is 4.66. The highest BCUT2D eigenvalue weighted by Crippen LogP contribution is 2.12. The molecule has 1 aliphatic heterocycles. The van der Waals surface area contributed by atoms with Gasteiger partial charge in [0.15, 0.2) is 0 Å². The smallest absolute Gasteiger partial charge is 0.315 e. The Balaban J connectivity index is 1.73. The molecule has 3 nitrogen and oxygen atoms in total. The van der Waals surface area contributed by atoms with Crippen LogP contribution in [0.15, 0.2) is 12.2 Å². The number of nitrogens with one attached hydrogen (secondary N) is 2.